The van der Waals surface area contributed by atoms with Gasteiger partial charge in [-0.25, -0.2) is 0 Å². The van der Waals surface area contributed by atoms with Gasteiger partial charge >= 0.3 is 0 Å². The molecule has 0 saturated heterocycles. The molecule has 1 fully saturated rings. The number of ketones is 2. The van der Waals surface area contributed by atoms with Crippen LogP contribution in [0.3, 0.4) is 0 Å². The van der Waals surface area contributed by atoms with Gasteiger partial charge in [-0.05, 0) is 12.8 Å². The largest absolute Gasteiger partial charge is 0.411 e. The normalized spacial score (nSPS) is 23.8. The first kappa shape index (κ1) is 6.92. The van der Waals surface area contributed by atoms with E-state index < -0.39 is 11.6 Å². The number of carbonyl (C=O) groups excluding carboxylic acids is 2. The fraction of sp³-hybridized carbons (Fsp3) is 0.500. The number of rotatable bonds is 0. The molecule has 10 heavy (non-hydrogen) atoms. The SMILES string of the molecule is O=C1CCC/C(=N/O)C1=O. The highest BCUT2D eigenvalue weighted by atomic mass is 16.4. The van der Waals surface area contributed by atoms with Crippen LogP contribution in [0.5, 0.6) is 0 Å². The van der Waals surface area contributed by atoms with Crippen molar-refractivity contribution in [3.8, 4) is 0 Å². The lowest BCUT2D eigenvalue weighted by Crippen LogP contribution is -2.28. The molecule has 0 bridgehead atoms. The Labute approximate surface area is 57.5 Å². The summed E-state index contributed by atoms with van der Waals surface area (Å²) in [5.41, 5.74) is -0.00347. The summed E-state index contributed by atoms with van der Waals surface area (Å²) < 4.78 is 0. The molecule has 0 amide bonds. The van der Waals surface area contributed by atoms with Crippen LogP contribution in [0.4, 0.5) is 0 Å². The van der Waals surface area contributed by atoms with Gasteiger partial charge in [-0.3, -0.25) is 9.59 Å². The van der Waals surface area contributed by atoms with Crippen LogP contribution >= 0.6 is 0 Å². The zero-order valence-corrected chi connectivity index (χ0v) is 5.33. The van der Waals surface area contributed by atoms with Crippen molar-refractivity contribution in [3.63, 3.8) is 0 Å². The molecule has 0 heterocycles. The van der Waals surface area contributed by atoms with Gasteiger partial charge in [0.05, 0.1) is 0 Å². The third kappa shape index (κ3) is 1.05. The molecule has 0 spiro atoms. The van der Waals surface area contributed by atoms with E-state index in [0.29, 0.717) is 12.8 Å². The molecular formula is C6H7NO3. The summed E-state index contributed by atoms with van der Waals surface area (Å²) >= 11 is 0. The zero-order chi connectivity index (χ0) is 7.56. The van der Waals surface area contributed by atoms with Crippen LogP contribution in [0, 0.1) is 0 Å². The zero-order valence-electron chi connectivity index (χ0n) is 5.33. The molecule has 54 valence electrons. The first-order valence-corrected chi connectivity index (χ1v) is 3.04. The molecule has 1 N–H and O–H groups in total. The van der Waals surface area contributed by atoms with Gasteiger partial charge in [0, 0.05) is 6.42 Å². The number of carbonyl (C=O) groups is 2. The summed E-state index contributed by atoms with van der Waals surface area (Å²) in [6.07, 6.45) is 1.32. The smallest absolute Gasteiger partial charge is 0.246 e. The number of hydrogen-bond acceptors (Lipinski definition) is 4. The lowest BCUT2D eigenvalue weighted by molar-refractivity contribution is -0.133. The molecule has 0 aromatic heterocycles. The van der Waals surface area contributed by atoms with Gasteiger partial charge in [0.1, 0.15) is 5.71 Å². The van der Waals surface area contributed by atoms with Crippen molar-refractivity contribution in [3.05, 3.63) is 0 Å². The highest BCUT2D eigenvalue weighted by molar-refractivity contribution is 6.65. The van der Waals surface area contributed by atoms with Crippen molar-refractivity contribution in [2.45, 2.75) is 19.3 Å². The third-order valence-electron chi connectivity index (χ3n) is 1.45. The van der Waals surface area contributed by atoms with Gasteiger partial charge in [0.25, 0.3) is 0 Å². The molecule has 1 rings (SSSR count). The van der Waals surface area contributed by atoms with E-state index in [0.717, 1.165) is 0 Å². The summed E-state index contributed by atoms with van der Waals surface area (Å²) in [7, 11) is 0. The number of hydrogen-bond donors (Lipinski definition) is 1. The highest BCUT2D eigenvalue weighted by Gasteiger charge is 2.25. The molecular weight excluding hydrogens is 134 g/mol. The van der Waals surface area contributed by atoms with Crippen LogP contribution in [0.15, 0.2) is 5.16 Å². The molecule has 4 heteroatoms. The molecule has 1 aliphatic carbocycles. The van der Waals surface area contributed by atoms with Gasteiger partial charge in [0.2, 0.25) is 11.6 Å². The van der Waals surface area contributed by atoms with Crippen LogP contribution in [0.1, 0.15) is 19.3 Å². The van der Waals surface area contributed by atoms with E-state index >= 15 is 0 Å². The van der Waals surface area contributed by atoms with E-state index in [1.165, 1.54) is 0 Å². The summed E-state index contributed by atoms with van der Waals surface area (Å²) in [5.74, 6) is -1.08. The topological polar surface area (TPSA) is 66.7 Å². The Hall–Kier alpha value is -1.19. The van der Waals surface area contributed by atoms with Crippen molar-refractivity contribution in [1.29, 1.82) is 0 Å². The lowest BCUT2D eigenvalue weighted by Gasteiger charge is -2.07. The minimum absolute atomic E-state index is 0.00347. The third-order valence-corrected chi connectivity index (χ3v) is 1.45. The van der Waals surface area contributed by atoms with E-state index in [2.05, 4.69) is 5.16 Å². The van der Waals surface area contributed by atoms with E-state index in [1.807, 2.05) is 0 Å². The molecule has 0 radical (unpaired) electrons. The number of oxime groups is 1. The van der Waals surface area contributed by atoms with Crippen molar-refractivity contribution in [2.24, 2.45) is 5.16 Å². The van der Waals surface area contributed by atoms with Crippen molar-refractivity contribution < 1.29 is 14.8 Å². The Morgan fingerprint density at radius 1 is 1.30 bits per heavy atom. The van der Waals surface area contributed by atoms with Crippen LogP contribution in [-0.2, 0) is 9.59 Å². The summed E-state index contributed by atoms with van der Waals surface area (Å²) in [5, 5.41) is 10.9. The molecule has 4 nitrogen and oxygen atoms in total. The highest BCUT2D eigenvalue weighted by Crippen LogP contribution is 2.08. The molecule has 0 aromatic rings. The van der Waals surface area contributed by atoms with Gasteiger partial charge in [-0.1, -0.05) is 5.16 Å². The van der Waals surface area contributed by atoms with Crippen LogP contribution in [-0.4, -0.2) is 22.5 Å². The minimum atomic E-state index is -0.631. The van der Waals surface area contributed by atoms with E-state index in [4.69, 9.17) is 5.21 Å². The maximum Gasteiger partial charge on any atom is 0.246 e. The Morgan fingerprint density at radius 3 is 2.50 bits per heavy atom. The first-order valence-electron chi connectivity index (χ1n) is 3.04. The van der Waals surface area contributed by atoms with Gasteiger partial charge in [0.15, 0.2) is 0 Å². The van der Waals surface area contributed by atoms with E-state index in [9.17, 15) is 9.59 Å². The Bertz CT molecular complexity index is 207. The standard InChI is InChI=1S/C6H7NO3/c8-5-3-1-2-4(7-10)6(5)9/h10H,1-3H2/b7-4-. The lowest BCUT2D eigenvalue weighted by atomic mass is 9.96. The average molecular weight is 141 g/mol. The predicted octanol–water partition coefficient (Wildman–Crippen LogP) is 0.139. The molecule has 0 aromatic carbocycles. The van der Waals surface area contributed by atoms with E-state index in [1.54, 1.807) is 0 Å². The Kier molecular flexibility index (Phi) is 1.80. The molecule has 0 atom stereocenters. The summed E-state index contributed by atoms with van der Waals surface area (Å²) in [4.78, 5) is 21.3. The molecule has 0 unspecified atom stereocenters. The van der Waals surface area contributed by atoms with E-state index in [-0.39, 0.29) is 12.1 Å². The number of Topliss-reactive ketones (excluding diaryl/α,β-unsaturated/α-hetero) is 2. The van der Waals surface area contributed by atoms with Crippen molar-refractivity contribution in [1.82, 2.24) is 0 Å². The van der Waals surface area contributed by atoms with Crippen LogP contribution in [0.25, 0.3) is 0 Å². The monoisotopic (exact) mass is 141 g/mol. The van der Waals surface area contributed by atoms with Crippen LogP contribution in [0.2, 0.25) is 0 Å². The molecule has 1 aliphatic rings. The number of nitrogens with zero attached hydrogens (tertiary/aromatic N) is 1. The van der Waals surface area contributed by atoms with Gasteiger partial charge in [-0.15, -0.1) is 0 Å². The fourth-order valence-corrected chi connectivity index (χ4v) is 0.900. The van der Waals surface area contributed by atoms with Gasteiger partial charge in [-0.2, -0.15) is 0 Å². The fourth-order valence-electron chi connectivity index (χ4n) is 0.900. The Morgan fingerprint density at radius 2 is 2.00 bits per heavy atom. The summed E-state index contributed by atoms with van der Waals surface area (Å²) in [6, 6.07) is 0. The molecule has 1 saturated carbocycles. The van der Waals surface area contributed by atoms with Crippen molar-refractivity contribution >= 4 is 17.3 Å². The summed E-state index contributed by atoms with van der Waals surface area (Å²) in [6.45, 7) is 0. The minimum Gasteiger partial charge on any atom is -0.411 e. The van der Waals surface area contributed by atoms with Gasteiger partial charge < -0.3 is 5.21 Å². The second kappa shape index (κ2) is 2.60. The maximum atomic E-state index is 10.7. The van der Waals surface area contributed by atoms with Crippen LogP contribution < -0.4 is 0 Å². The maximum absolute atomic E-state index is 10.7. The Balaban J connectivity index is 2.79. The average Bonchev–Trinajstić information content (AvgIpc) is 1.95. The van der Waals surface area contributed by atoms with Crippen molar-refractivity contribution in [2.75, 3.05) is 0 Å². The first-order chi connectivity index (χ1) is 4.75. The second-order valence-electron chi connectivity index (χ2n) is 2.15. The molecule has 0 aliphatic heterocycles. The predicted molar refractivity (Wildman–Crippen MR) is 33.1 cm³/mol. The quantitative estimate of drug-likeness (QED) is 0.296. The second-order valence-corrected chi connectivity index (χ2v) is 2.15.